The maximum Gasteiger partial charge on any atom is 0.255 e. The summed E-state index contributed by atoms with van der Waals surface area (Å²) >= 11 is 1.58. The van der Waals surface area contributed by atoms with E-state index in [1.807, 2.05) is 57.5 Å². The number of benzene rings is 2. The molecule has 9 heteroatoms. The van der Waals surface area contributed by atoms with E-state index in [1.165, 1.54) is 4.90 Å². The summed E-state index contributed by atoms with van der Waals surface area (Å²) < 4.78 is 15.1. The van der Waals surface area contributed by atoms with Gasteiger partial charge in [-0.05, 0) is 54.5 Å². The lowest BCUT2D eigenvalue weighted by Crippen LogP contribution is -2.56. The molecule has 0 saturated carbocycles. The smallest absolute Gasteiger partial charge is 0.255 e. The fourth-order valence-corrected chi connectivity index (χ4v) is 6.46. The fraction of sp³-hybridized carbons (Fsp3) is 0.400. The number of amides is 3. The highest BCUT2D eigenvalue weighted by atomic mass is 32.1. The zero-order chi connectivity index (χ0) is 27.8. The average molecular weight is 549 g/mol. The lowest BCUT2D eigenvalue weighted by Gasteiger charge is -2.35. The summed E-state index contributed by atoms with van der Waals surface area (Å²) in [5.74, 6) is -1.32. The number of carbonyl (C=O) groups is 3. The molecule has 3 atom stereocenters. The second kappa shape index (κ2) is 10.9. The number of carbonyl (C=O) groups excluding carboxylic acids is 3. The van der Waals surface area contributed by atoms with Gasteiger partial charge < -0.3 is 15.1 Å². The second-order valence-corrected chi connectivity index (χ2v) is 11.5. The third kappa shape index (κ3) is 5.07. The molecule has 2 unspecified atom stereocenters. The van der Waals surface area contributed by atoms with Gasteiger partial charge in [0.25, 0.3) is 5.91 Å². The van der Waals surface area contributed by atoms with Gasteiger partial charge >= 0.3 is 0 Å². The van der Waals surface area contributed by atoms with Crippen molar-refractivity contribution >= 4 is 29.1 Å². The Morgan fingerprint density at radius 1 is 1.18 bits per heavy atom. The van der Waals surface area contributed by atoms with Gasteiger partial charge in [-0.15, -0.1) is 11.3 Å². The summed E-state index contributed by atoms with van der Waals surface area (Å²) in [4.78, 5) is 48.6. The lowest BCUT2D eigenvalue weighted by molar-refractivity contribution is -0.144. The molecule has 0 spiro atoms. The van der Waals surface area contributed by atoms with Crippen molar-refractivity contribution < 1.29 is 18.8 Å². The highest BCUT2D eigenvalue weighted by Crippen LogP contribution is 2.31. The van der Waals surface area contributed by atoms with Crippen molar-refractivity contribution in [2.24, 2.45) is 5.92 Å². The fourth-order valence-electron chi connectivity index (χ4n) is 5.66. The Bertz CT molecular complexity index is 1420. The first-order valence-corrected chi connectivity index (χ1v) is 14.2. The molecule has 2 aliphatic heterocycles. The normalized spacial score (nSPS) is 19.5. The van der Waals surface area contributed by atoms with E-state index in [4.69, 9.17) is 0 Å². The topological polar surface area (TPSA) is 82.6 Å². The van der Waals surface area contributed by atoms with Crippen molar-refractivity contribution in [3.05, 3.63) is 75.9 Å². The maximum atomic E-state index is 15.1. The first kappa shape index (κ1) is 27.0. The van der Waals surface area contributed by atoms with Gasteiger partial charge in [0.2, 0.25) is 11.8 Å². The van der Waals surface area contributed by atoms with Crippen LogP contribution in [0.2, 0.25) is 0 Å². The number of thiazole rings is 1. The molecule has 1 N–H and O–H groups in total. The van der Waals surface area contributed by atoms with E-state index in [0.29, 0.717) is 12.1 Å². The quantitative estimate of drug-likeness (QED) is 0.466. The van der Waals surface area contributed by atoms with Crippen LogP contribution in [0.5, 0.6) is 0 Å². The van der Waals surface area contributed by atoms with Crippen LogP contribution in [-0.2, 0) is 22.7 Å². The van der Waals surface area contributed by atoms with E-state index in [-0.39, 0.29) is 37.2 Å². The highest BCUT2D eigenvalue weighted by Gasteiger charge is 2.47. The maximum absolute atomic E-state index is 15.1. The predicted molar refractivity (Wildman–Crippen MR) is 149 cm³/mol. The van der Waals surface area contributed by atoms with Gasteiger partial charge in [-0.2, -0.15) is 0 Å². The largest absolute Gasteiger partial charge is 0.350 e. The molecule has 3 heterocycles. The minimum absolute atomic E-state index is 0.0880. The Kier molecular flexibility index (Phi) is 7.53. The molecule has 3 aromatic rings. The summed E-state index contributed by atoms with van der Waals surface area (Å²) in [6.45, 7) is 8.38. The van der Waals surface area contributed by atoms with Crippen LogP contribution in [0.1, 0.15) is 53.0 Å². The minimum atomic E-state index is -1.47. The van der Waals surface area contributed by atoms with Crippen LogP contribution >= 0.6 is 11.3 Å². The number of nitrogens with one attached hydrogen (secondary N) is 1. The van der Waals surface area contributed by atoms with Crippen LogP contribution in [0.15, 0.2) is 48.0 Å². The van der Waals surface area contributed by atoms with Crippen molar-refractivity contribution in [1.29, 1.82) is 0 Å². The number of alkyl halides is 1. The molecule has 1 saturated heterocycles. The van der Waals surface area contributed by atoms with Crippen molar-refractivity contribution in [3.8, 4) is 10.4 Å². The van der Waals surface area contributed by atoms with Crippen LogP contribution in [0.25, 0.3) is 10.4 Å². The van der Waals surface area contributed by atoms with Crippen molar-refractivity contribution in [3.63, 3.8) is 0 Å². The second-order valence-electron chi connectivity index (χ2n) is 10.7. The number of halogens is 1. The lowest BCUT2D eigenvalue weighted by atomic mass is 10.00. The first-order chi connectivity index (χ1) is 18.7. The summed E-state index contributed by atoms with van der Waals surface area (Å²) in [5, 5.41) is 2.86. The molecule has 204 valence electrons. The predicted octanol–water partition coefficient (Wildman–Crippen LogP) is 4.66. The molecule has 0 bridgehead atoms. The summed E-state index contributed by atoms with van der Waals surface area (Å²) in [7, 11) is 0. The third-order valence-corrected chi connectivity index (χ3v) is 8.73. The van der Waals surface area contributed by atoms with Gasteiger partial charge in [-0.25, -0.2) is 9.37 Å². The van der Waals surface area contributed by atoms with Gasteiger partial charge in [0.1, 0.15) is 18.3 Å². The molecule has 5 rings (SSSR count). The van der Waals surface area contributed by atoms with Gasteiger partial charge in [-0.1, -0.05) is 50.2 Å². The Labute approximate surface area is 232 Å². The van der Waals surface area contributed by atoms with Gasteiger partial charge in [0, 0.05) is 25.2 Å². The molecular weight excluding hydrogens is 515 g/mol. The molecule has 7 nitrogen and oxygen atoms in total. The van der Waals surface area contributed by atoms with Gasteiger partial charge in [-0.3, -0.25) is 14.4 Å². The van der Waals surface area contributed by atoms with Crippen molar-refractivity contribution in [1.82, 2.24) is 20.1 Å². The summed E-state index contributed by atoms with van der Waals surface area (Å²) in [6, 6.07) is 11.3. The van der Waals surface area contributed by atoms with E-state index in [0.717, 1.165) is 32.8 Å². The van der Waals surface area contributed by atoms with Crippen LogP contribution < -0.4 is 5.32 Å². The molecule has 1 fully saturated rings. The van der Waals surface area contributed by atoms with E-state index in [2.05, 4.69) is 16.4 Å². The van der Waals surface area contributed by atoms with Gasteiger partial charge in [0.05, 0.1) is 16.1 Å². The van der Waals surface area contributed by atoms with Crippen LogP contribution in [0.3, 0.4) is 0 Å². The summed E-state index contributed by atoms with van der Waals surface area (Å²) in [6.07, 6.45) is -1.38. The average Bonchev–Trinajstić information content (AvgIpc) is 3.60. The Morgan fingerprint density at radius 2 is 1.95 bits per heavy atom. The van der Waals surface area contributed by atoms with Crippen molar-refractivity contribution in [2.75, 3.05) is 6.54 Å². The zero-order valence-electron chi connectivity index (χ0n) is 22.6. The van der Waals surface area contributed by atoms with E-state index < -0.39 is 24.2 Å². The first-order valence-electron chi connectivity index (χ1n) is 13.3. The molecular formula is C30H33FN4O3S. The molecule has 2 aliphatic rings. The minimum Gasteiger partial charge on any atom is -0.350 e. The molecule has 0 aliphatic carbocycles. The Morgan fingerprint density at radius 3 is 2.62 bits per heavy atom. The number of aromatic nitrogens is 1. The van der Waals surface area contributed by atoms with Crippen molar-refractivity contribution in [2.45, 2.75) is 65.5 Å². The SMILES string of the molecule is Cc1cc(-c2scnc2C)ccc1CNC(=O)C1[C@@H](F)CCN1C(=O)C(C(C)C)N1Cc2ccccc2C1=O. The number of hydrogen-bond donors (Lipinski definition) is 1. The van der Waals surface area contributed by atoms with Crippen LogP contribution in [0.4, 0.5) is 4.39 Å². The number of fused-ring (bicyclic) bond motifs is 1. The third-order valence-electron chi connectivity index (χ3n) is 7.75. The molecule has 2 aromatic carbocycles. The number of aryl methyl sites for hydroxylation is 2. The Balaban J connectivity index is 1.30. The monoisotopic (exact) mass is 548 g/mol. The van der Waals surface area contributed by atoms with Gasteiger partial charge in [0.15, 0.2) is 0 Å². The number of hydrogen-bond acceptors (Lipinski definition) is 5. The highest BCUT2D eigenvalue weighted by molar-refractivity contribution is 7.13. The number of rotatable bonds is 7. The molecule has 0 radical (unpaired) electrons. The number of likely N-dealkylation sites (tertiary alicyclic amines) is 1. The standard InChI is InChI=1S/C30H33FN4O3S/c1-17(2)25(35-15-22-7-5-6-8-23(22)29(35)37)30(38)34-12-11-24(31)26(34)28(36)32-14-21-10-9-20(13-18(21)3)27-19(4)33-16-39-27/h5-10,13,16-17,24-26H,11-12,14-15H2,1-4H3,(H,32,36)/t24-,25?,26?/m0/s1. The van der Waals surface area contributed by atoms with Crippen LogP contribution in [0, 0.1) is 19.8 Å². The zero-order valence-corrected chi connectivity index (χ0v) is 23.4. The van der Waals surface area contributed by atoms with Crippen LogP contribution in [-0.4, -0.2) is 57.3 Å². The number of nitrogens with zero attached hydrogens (tertiary/aromatic N) is 3. The van der Waals surface area contributed by atoms with E-state index >= 15 is 4.39 Å². The summed E-state index contributed by atoms with van der Waals surface area (Å²) in [5.41, 5.74) is 7.23. The van der Waals surface area contributed by atoms with E-state index in [9.17, 15) is 14.4 Å². The Hall–Kier alpha value is -3.59. The van der Waals surface area contributed by atoms with E-state index in [1.54, 1.807) is 28.4 Å². The molecule has 3 amide bonds. The molecule has 39 heavy (non-hydrogen) atoms. The molecule has 1 aromatic heterocycles.